The molecular formula is C15H24N4O2. The standard InChI is InChI=1S/C15H24N4O2/c1-12(19-11-16-10-18-19)14(20)17-9-13-5-8-15(21-13)6-3-2-4-7-15/h10-13H,2-9H2,1H3,(H,17,20). The molecule has 1 N–H and O–H groups in total. The number of carbonyl (C=O) groups is 1. The van der Waals surface area contributed by atoms with Gasteiger partial charge in [-0.15, -0.1) is 0 Å². The minimum Gasteiger partial charge on any atom is -0.370 e. The fraction of sp³-hybridized carbons (Fsp3) is 0.800. The molecule has 1 saturated carbocycles. The lowest BCUT2D eigenvalue weighted by atomic mass is 9.83. The molecule has 0 radical (unpaired) electrons. The molecule has 6 nitrogen and oxygen atoms in total. The zero-order valence-electron chi connectivity index (χ0n) is 12.6. The molecule has 2 unspecified atom stereocenters. The van der Waals surface area contributed by atoms with Gasteiger partial charge in [0.2, 0.25) is 5.91 Å². The van der Waals surface area contributed by atoms with E-state index in [9.17, 15) is 4.79 Å². The molecule has 1 aromatic rings. The van der Waals surface area contributed by atoms with Crippen LogP contribution in [0.4, 0.5) is 0 Å². The summed E-state index contributed by atoms with van der Waals surface area (Å²) in [5, 5.41) is 6.98. The smallest absolute Gasteiger partial charge is 0.244 e. The third-order valence-corrected chi connectivity index (χ3v) is 4.82. The molecule has 1 amide bonds. The zero-order valence-corrected chi connectivity index (χ0v) is 12.6. The number of nitrogens with zero attached hydrogens (tertiary/aromatic N) is 3. The normalized spacial score (nSPS) is 25.9. The molecule has 0 aromatic carbocycles. The van der Waals surface area contributed by atoms with Crippen molar-refractivity contribution in [2.45, 2.75) is 69.6 Å². The molecule has 2 aliphatic rings. The molecule has 2 fully saturated rings. The third-order valence-electron chi connectivity index (χ3n) is 4.82. The maximum absolute atomic E-state index is 12.1. The topological polar surface area (TPSA) is 69.0 Å². The van der Waals surface area contributed by atoms with E-state index in [1.807, 2.05) is 6.92 Å². The first-order valence-corrected chi connectivity index (χ1v) is 7.98. The van der Waals surface area contributed by atoms with Crippen LogP contribution >= 0.6 is 0 Å². The van der Waals surface area contributed by atoms with E-state index in [1.54, 1.807) is 11.0 Å². The summed E-state index contributed by atoms with van der Waals surface area (Å²) in [6.07, 6.45) is 11.6. The van der Waals surface area contributed by atoms with Gasteiger partial charge in [0.25, 0.3) is 0 Å². The molecule has 2 heterocycles. The summed E-state index contributed by atoms with van der Waals surface area (Å²) in [4.78, 5) is 16.0. The maximum Gasteiger partial charge on any atom is 0.244 e. The van der Waals surface area contributed by atoms with E-state index in [2.05, 4.69) is 15.4 Å². The predicted molar refractivity (Wildman–Crippen MR) is 77.7 cm³/mol. The van der Waals surface area contributed by atoms with Gasteiger partial charge in [0.05, 0.1) is 11.7 Å². The predicted octanol–water partition coefficient (Wildman–Crippen LogP) is 1.84. The van der Waals surface area contributed by atoms with Gasteiger partial charge >= 0.3 is 0 Å². The molecule has 1 aromatic heterocycles. The summed E-state index contributed by atoms with van der Waals surface area (Å²) in [5.74, 6) is -0.0336. The van der Waals surface area contributed by atoms with Gasteiger partial charge in [-0.1, -0.05) is 19.3 Å². The number of rotatable bonds is 4. The van der Waals surface area contributed by atoms with Crippen molar-refractivity contribution in [1.29, 1.82) is 0 Å². The molecule has 116 valence electrons. The Morgan fingerprint density at radius 1 is 1.43 bits per heavy atom. The van der Waals surface area contributed by atoms with Crippen LogP contribution in [-0.4, -0.2) is 38.9 Å². The van der Waals surface area contributed by atoms with Crippen molar-refractivity contribution in [3.8, 4) is 0 Å². The van der Waals surface area contributed by atoms with Crippen LogP contribution in [0, 0.1) is 0 Å². The SMILES string of the molecule is CC(C(=O)NCC1CCC2(CCCCC2)O1)n1cncn1. The van der Waals surface area contributed by atoms with Gasteiger partial charge in [0.1, 0.15) is 18.7 Å². The second-order valence-corrected chi connectivity index (χ2v) is 6.32. The fourth-order valence-corrected chi connectivity index (χ4v) is 3.50. The first-order valence-electron chi connectivity index (χ1n) is 7.98. The van der Waals surface area contributed by atoms with E-state index in [0.29, 0.717) is 6.54 Å². The summed E-state index contributed by atoms with van der Waals surface area (Å²) < 4.78 is 7.82. The number of nitrogens with one attached hydrogen (secondary N) is 1. The lowest BCUT2D eigenvalue weighted by Crippen LogP contribution is -2.38. The van der Waals surface area contributed by atoms with E-state index in [1.165, 1.54) is 38.4 Å². The Balaban J connectivity index is 1.46. The van der Waals surface area contributed by atoms with Crippen molar-refractivity contribution < 1.29 is 9.53 Å². The number of amides is 1. The molecule has 1 aliphatic heterocycles. The highest BCUT2D eigenvalue weighted by Crippen LogP contribution is 2.41. The first-order chi connectivity index (χ1) is 10.2. The molecule has 0 bridgehead atoms. The lowest BCUT2D eigenvalue weighted by molar-refractivity contribution is -0.125. The molecule has 3 rings (SSSR count). The van der Waals surface area contributed by atoms with E-state index < -0.39 is 0 Å². The monoisotopic (exact) mass is 292 g/mol. The summed E-state index contributed by atoms with van der Waals surface area (Å²) in [6.45, 7) is 2.42. The number of carbonyl (C=O) groups excluding carboxylic acids is 1. The number of aromatic nitrogens is 3. The van der Waals surface area contributed by atoms with Gasteiger partial charge in [-0.3, -0.25) is 4.79 Å². The van der Waals surface area contributed by atoms with Crippen LogP contribution in [0.3, 0.4) is 0 Å². The number of hydrogen-bond acceptors (Lipinski definition) is 4. The van der Waals surface area contributed by atoms with Crippen LogP contribution < -0.4 is 5.32 Å². The van der Waals surface area contributed by atoms with Crippen molar-refractivity contribution in [3.63, 3.8) is 0 Å². The van der Waals surface area contributed by atoms with Crippen molar-refractivity contribution in [3.05, 3.63) is 12.7 Å². The Bertz CT molecular complexity index is 468. The summed E-state index contributed by atoms with van der Waals surface area (Å²) >= 11 is 0. The summed E-state index contributed by atoms with van der Waals surface area (Å²) in [5.41, 5.74) is 0.116. The minimum atomic E-state index is -0.336. The lowest BCUT2D eigenvalue weighted by Gasteiger charge is -2.33. The summed E-state index contributed by atoms with van der Waals surface area (Å²) in [6, 6.07) is -0.336. The molecule has 1 spiro atoms. The van der Waals surface area contributed by atoms with Crippen molar-refractivity contribution in [2.24, 2.45) is 0 Å². The van der Waals surface area contributed by atoms with Crippen LogP contribution in [0.25, 0.3) is 0 Å². The Morgan fingerprint density at radius 2 is 2.24 bits per heavy atom. The highest BCUT2D eigenvalue weighted by molar-refractivity contribution is 5.79. The highest BCUT2D eigenvalue weighted by Gasteiger charge is 2.40. The average Bonchev–Trinajstić information content (AvgIpc) is 3.15. The van der Waals surface area contributed by atoms with Gasteiger partial charge < -0.3 is 10.1 Å². The van der Waals surface area contributed by atoms with Crippen molar-refractivity contribution >= 4 is 5.91 Å². The molecule has 6 heteroatoms. The Hall–Kier alpha value is -1.43. The second-order valence-electron chi connectivity index (χ2n) is 6.32. The van der Waals surface area contributed by atoms with Crippen LogP contribution in [0.1, 0.15) is 57.9 Å². The van der Waals surface area contributed by atoms with E-state index in [0.717, 1.165) is 12.8 Å². The van der Waals surface area contributed by atoms with Crippen molar-refractivity contribution in [2.75, 3.05) is 6.54 Å². The Morgan fingerprint density at radius 3 is 2.95 bits per heavy atom. The van der Waals surface area contributed by atoms with Crippen LogP contribution in [-0.2, 0) is 9.53 Å². The van der Waals surface area contributed by atoms with Gasteiger partial charge in [-0.25, -0.2) is 9.67 Å². The molecule has 1 aliphatic carbocycles. The fourth-order valence-electron chi connectivity index (χ4n) is 3.50. The minimum absolute atomic E-state index is 0.0336. The van der Waals surface area contributed by atoms with E-state index in [4.69, 9.17) is 4.74 Å². The van der Waals surface area contributed by atoms with Gasteiger partial charge in [-0.05, 0) is 32.6 Å². The summed E-state index contributed by atoms with van der Waals surface area (Å²) in [7, 11) is 0. The van der Waals surface area contributed by atoms with Crippen LogP contribution in [0.2, 0.25) is 0 Å². The van der Waals surface area contributed by atoms with E-state index >= 15 is 0 Å². The van der Waals surface area contributed by atoms with Crippen LogP contribution in [0.15, 0.2) is 12.7 Å². The first kappa shape index (κ1) is 14.5. The van der Waals surface area contributed by atoms with Crippen LogP contribution in [0.5, 0.6) is 0 Å². The second kappa shape index (κ2) is 6.13. The quantitative estimate of drug-likeness (QED) is 0.919. The Kier molecular flexibility index (Phi) is 4.24. The van der Waals surface area contributed by atoms with Gasteiger partial charge in [-0.2, -0.15) is 5.10 Å². The molecule has 21 heavy (non-hydrogen) atoms. The highest BCUT2D eigenvalue weighted by atomic mass is 16.5. The van der Waals surface area contributed by atoms with Crippen molar-refractivity contribution in [1.82, 2.24) is 20.1 Å². The van der Waals surface area contributed by atoms with Gasteiger partial charge in [0, 0.05) is 6.54 Å². The third kappa shape index (κ3) is 3.26. The maximum atomic E-state index is 12.1. The number of ether oxygens (including phenoxy) is 1. The van der Waals surface area contributed by atoms with E-state index in [-0.39, 0.29) is 23.7 Å². The Labute approximate surface area is 125 Å². The zero-order chi connectivity index (χ0) is 14.7. The average molecular weight is 292 g/mol. The molecular weight excluding hydrogens is 268 g/mol. The molecule has 2 atom stereocenters. The largest absolute Gasteiger partial charge is 0.370 e. The number of hydrogen-bond donors (Lipinski definition) is 1. The molecule has 1 saturated heterocycles. The van der Waals surface area contributed by atoms with Gasteiger partial charge in [0.15, 0.2) is 0 Å².